The van der Waals surface area contributed by atoms with Crippen LogP contribution in [-0.4, -0.2) is 43.8 Å². The molecule has 0 aromatic heterocycles. The molecule has 0 aromatic carbocycles. The van der Waals surface area contributed by atoms with E-state index in [0.717, 1.165) is 0 Å². The van der Waals surface area contributed by atoms with Crippen LogP contribution in [0.1, 0.15) is 6.42 Å². The maximum atomic E-state index is 10.8. The molecule has 0 aromatic rings. The molecule has 3 atom stereocenters. The van der Waals surface area contributed by atoms with E-state index in [-0.39, 0.29) is 6.42 Å². The summed E-state index contributed by atoms with van der Waals surface area (Å²) in [5.74, 6) is -2.61. The number of rotatable bonds is 6. The first-order valence-corrected chi connectivity index (χ1v) is 4.36. The number of ether oxygens (including phenoxy) is 1. The van der Waals surface area contributed by atoms with Gasteiger partial charge in [-0.2, -0.15) is 5.48 Å². The summed E-state index contributed by atoms with van der Waals surface area (Å²) in [4.78, 5) is 25.9. The van der Waals surface area contributed by atoms with Gasteiger partial charge < -0.3 is 14.7 Å². The van der Waals surface area contributed by atoms with E-state index in [4.69, 9.17) is 13.0 Å². The molecule has 14 heavy (non-hydrogen) atoms. The van der Waals surface area contributed by atoms with E-state index in [0.29, 0.717) is 0 Å². The lowest BCUT2D eigenvalue weighted by molar-refractivity contribution is -0.151. The molecular formula is C6H11BNO5P. The van der Waals surface area contributed by atoms with Gasteiger partial charge in [0.05, 0.1) is 19.3 Å². The van der Waals surface area contributed by atoms with Crippen molar-refractivity contribution in [2.45, 2.75) is 18.2 Å². The zero-order chi connectivity index (χ0) is 11.1. The Labute approximate surface area is 84.9 Å². The number of carboxylic acids is 1. The van der Waals surface area contributed by atoms with Crippen LogP contribution in [0.2, 0.25) is 0 Å². The maximum Gasteiger partial charge on any atom is 0.323 e. The average molecular weight is 219 g/mol. The van der Waals surface area contributed by atoms with Crippen LogP contribution in [0.25, 0.3) is 0 Å². The van der Waals surface area contributed by atoms with Crippen molar-refractivity contribution in [2.24, 2.45) is 0 Å². The number of nitrogens with one attached hydrogen (secondary N) is 1. The second-order valence-electron chi connectivity index (χ2n) is 2.37. The molecule has 0 saturated carbocycles. The first-order valence-electron chi connectivity index (χ1n) is 3.69. The molecular weight excluding hydrogens is 208 g/mol. The molecule has 0 heterocycles. The normalized spacial score (nSPS) is 14.4. The van der Waals surface area contributed by atoms with E-state index < -0.39 is 23.7 Å². The Morgan fingerprint density at radius 1 is 1.64 bits per heavy atom. The molecule has 3 unspecified atom stereocenters. The second kappa shape index (κ2) is 6.76. The molecule has 0 amide bonds. The monoisotopic (exact) mass is 219 g/mol. The Morgan fingerprint density at radius 2 is 2.21 bits per heavy atom. The van der Waals surface area contributed by atoms with E-state index in [1.54, 1.807) is 0 Å². The lowest BCUT2D eigenvalue weighted by Gasteiger charge is -2.15. The van der Waals surface area contributed by atoms with Crippen molar-refractivity contribution in [1.82, 2.24) is 5.48 Å². The van der Waals surface area contributed by atoms with Gasteiger partial charge in [-0.05, 0) is 0 Å². The topological polar surface area (TPSA) is 84.9 Å². The van der Waals surface area contributed by atoms with Gasteiger partial charge in [0.25, 0.3) is 0 Å². The number of carboxylic acid groups (broad SMARTS) is 1. The number of carbonyl (C=O) groups is 2. The van der Waals surface area contributed by atoms with Gasteiger partial charge in [0.1, 0.15) is 13.9 Å². The largest absolute Gasteiger partial charge is 0.480 e. The highest BCUT2D eigenvalue weighted by atomic mass is 31.0. The predicted molar refractivity (Wildman–Crippen MR) is 51.5 cm³/mol. The lowest BCUT2D eigenvalue weighted by Crippen LogP contribution is -2.40. The molecule has 0 fully saturated rings. The molecule has 0 rings (SSSR count). The van der Waals surface area contributed by atoms with Crippen molar-refractivity contribution < 1.29 is 24.3 Å². The third-order valence-corrected chi connectivity index (χ3v) is 1.38. The summed E-state index contributed by atoms with van der Waals surface area (Å²) in [6.45, 7) is 0. The minimum absolute atomic E-state index is 0.330. The second-order valence-corrected chi connectivity index (χ2v) is 3.03. The van der Waals surface area contributed by atoms with Gasteiger partial charge in [-0.25, -0.2) is 0 Å². The minimum atomic E-state index is -1.22. The molecule has 0 bridgehead atoms. The molecule has 2 N–H and O–H groups in total. The van der Waals surface area contributed by atoms with Gasteiger partial charge in [0.15, 0.2) is 0 Å². The van der Waals surface area contributed by atoms with Gasteiger partial charge in [-0.15, -0.1) is 9.24 Å². The van der Waals surface area contributed by atoms with Gasteiger partial charge in [-0.3, -0.25) is 9.59 Å². The van der Waals surface area contributed by atoms with Crippen LogP contribution in [0, 0.1) is 0 Å². The summed E-state index contributed by atoms with van der Waals surface area (Å²) in [6, 6.07) is -1.17. The Balaban J connectivity index is 4.03. The number of hydrogen-bond donors (Lipinski definition) is 2. The van der Waals surface area contributed by atoms with Crippen molar-refractivity contribution in [3.05, 3.63) is 0 Å². The summed E-state index contributed by atoms with van der Waals surface area (Å²) < 4.78 is 4.30. The summed E-state index contributed by atoms with van der Waals surface area (Å²) in [6.07, 6.45) is -0.330. The number of carbonyl (C=O) groups excluding carboxylic acids is 1. The Morgan fingerprint density at radius 3 is 2.57 bits per heavy atom. The zero-order valence-corrected chi connectivity index (χ0v) is 8.75. The van der Waals surface area contributed by atoms with Crippen LogP contribution >= 0.6 is 9.24 Å². The fraction of sp³-hybridized carbons (Fsp3) is 0.667. The quantitative estimate of drug-likeness (QED) is 0.254. The van der Waals surface area contributed by atoms with Crippen molar-refractivity contribution in [2.75, 3.05) is 7.11 Å². The highest BCUT2D eigenvalue weighted by Gasteiger charge is 2.21. The lowest BCUT2D eigenvalue weighted by atomic mass is 10.2. The third kappa shape index (κ3) is 5.91. The summed E-state index contributed by atoms with van der Waals surface area (Å²) >= 11 is 0. The van der Waals surface area contributed by atoms with Gasteiger partial charge in [0.2, 0.25) is 0 Å². The average Bonchev–Trinajstić information content (AvgIpc) is 2.10. The summed E-state index contributed by atoms with van der Waals surface area (Å²) in [5.41, 5.74) is 2.14. The van der Waals surface area contributed by atoms with E-state index in [2.05, 4.69) is 24.3 Å². The van der Waals surface area contributed by atoms with Crippen LogP contribution in [-0.2, 0) is 19.2 Å². The Kier molecular flexibility index (Phi) is 6.45. The van der Waals surface area contributed by atoms with Gasteiger partial charge in [0, 0.05) is 0 Å². The minimum Gasteiger partial charge on any atom is -0.480 e. The Bertz CT molecular complexity index is 212. The first kappa shape index (κ1) is 13.4. The van der Waals surface area contributed by atoms with Crippen molar-refractivity contribution in [1.29, 1.82) is 0 Å². The molecule has 78 valence electrons. The highest BCUT2D eigenvalue weighted by Crippen LogP contribution is 1.98. The molecule has 0 spiro atoms. The maximum absolute atomic E-state index is 10.8. The van der Waals surface area contributed by atoms with Crippen molar-refractivity contribution >= 4 is 29.0 Å². The predicted octanol–water partition coefficient (Wildman–Crippen LogP) is -1.15. The molecule has 0 aliphatic heterocycles. The number of esters is 1. The highest BCUT2D eigenvalue weighted by molar-refractivity contribution is 7.20. The van der Waals surface area contributed by atoms with Crippen LogP contribution in [0.5, 0.6) is 0 Å². The smallest absolute Gasteiger partial charge is 0.323 e. The SMILES string of the molecule is [B]C(P)ONC(CC(=O)OC)C(=O)O. The Hall–Kier alpha value is -0.645. The van der Waals surface area contributed by atoms with E-state index in [1.165, 1.54) is 7.11 Å². The van der Waals surface area contributed by atoms with Crippen LogP contribution < -0.4 is 5.48 Å². The van der Waals surface area contributed by atoms with Gasteiger partial charge >= 0.3 is 11.9 Å². The van der Waals surface area contributed by atoms with E-state index in [1.807, 2.05) is 0 Å². The molecule has 0 aliphatic carbocycles. The number of methoxy groups -OCH3 is 1. The summed E-state index contributed by atoms with van der Waals surface area (Å²) in [5, 5.41) is 8.63. The van der Waals surface area contributed by atoms with Crippen molar-refractivity contribution in [3.63, 3.8) is 0 Å². The van der Waals surface area contributed by atoms with Crippen LogP contribution in [0.3, 0.4) is 0 Å². The first-order chi connectivity index (χ1) is 6.47. The van der Waals surface area contributed by atoms with E-state index in [9.17, 15) is 9.59 Å². The fourth-order valence-electron chi connectivity index (χ4n) is 0.590. The third-order valence-electron chi connectivity index (χ3n) is 1.24. The van der Waals surface area contributed by atoms with Crippen LogP contribution in [0.15, 0.2) is 0 Å². The molecule has 8 heteroatoms. The zero-order valence-electron chi connectivity index (χ0n) is 7.60. The molecule has 6 nitrogen and oxygen atoms in total. The summed E-state index contributed by atoms with van der Waals surface area (Å²) in [7, 11) is 8.44. The number of aliphatic carboxylic acids is 1. The van der Waals surface area contributed by atoms with Crippen molar-refractivity contribution in [3.8, 4) is 0 Å². The molecule has 2 radical (unpaired) electrons. The standard InChI is InChI=1S/C6H11BNO5P/c1-12-4(9)2-3(5(10)11)8-13-6(7)14/h3,6,8H,2,14H2,1H3,(H,10,11). The molecule has 0 saturated heterocycles. The molecule has 0 aliphatic rings. The number of hydrogen-bond acceptors (Lipinski definition) is 5. The number of hydroxylamine groups is 1. The van der Waals surface area contributed by atoms with Gasteiger partial charge in [-0.1, -0.05) is 0 Å². The fourth-order valence-corrected chi connectivity index (χ4v) is 0.669. The van der Waals surface area contributed by atoms with Crippen LogP contribution in [0.4, 0.5) is 0 Å². The van der Waals surface area contributed by atoms with E-state index >= 15 is 0 Å².